The van der Waals surface area contributed by atoms with Crippen LogP contribution in [-0.4, -0.2) is 20.1 Å². The number of hydrogen-bond acceptors (Lipinski definition) is 4. The number of rotatable bonds is 4. The second kappa shape index (κ2) is 5.87. The van der Waals surface area contributed by atoms with Gasteiger partial charge < -0.3 is 14.2 Å². The van der Waals surface area contributed by atoms with Crippen molar-refractivity contribution >= 4 is 6.21 Å². The van der Waals surface area contributed by atoms with Crippen LogP contribution in [0.25, 0.3) is 0 Å². The number of benzene rings is 2. The van der Waals surface area contributed by atoms with Gasteiger partial charge >= 0.3 is 0 Å². The summed E-state index contributed by atoms with van der Waals surface area (Å²) in [6.45, 7) is 2.29. The highest BCUT2D eigenvalue weighted by Crippen LogP contribution is 2.41. The van der Waals surface area contributed by atoms with Crippen LogP contribution in [-0.2, 0) is 0 Å². The lowest BCUT2D eigenvalue weighted by molar-refractivity contribution is 0.171. The zero-order valence-electron chi connectivity index (χ0n) is 12.1. The molecule has 4 heteroatoms. The van der Waals surface area contributed by atoms with Crippen LogP contribution in [0.4, 0.5) is 0 Å². The van der Waals surface area contributed by atoms with Crippen molar-refractivity contribution in [1.29, 1.82) is 0 Å². The Morgan fingerprint density at radius 3 is 2.76 bits per heavy atom. The van der Waals surface area contributed by atoms with Gasteiger partial charge in [-0.15, -0.1) is 0 Å². The van der Waals surface area contributed by atoms with Crippen LogP contribution in [0.5, 0.6) is 17.2 Å². The van der Waals surface area contributed by atoms with Crippen LogP contribution >= 0.6 is 0 Å². The fourth-order valence-electron chi connectivity index (χ4n) is 2.24. The summed E-state index contributed by atoms with van der Waals surface area (Å²) in [5.41, 5.74) is 2.11. The lowest BCUT2D eigenvalue weighted by atomic mass is 10.1. The van der Waals surface area contributed by atoms with Crippen LogP contribution in [0.2, 0.25) is 0 Å². The van der Waals surface area contributed by atoms with E-state index < -0.39 is 0 Å². The van der Waals surface area contributed by atoms with Gasteiger partial charge in [-0.3, -0.25) is 4.99 Å². The van der Waals surface area contributed by atoms with Gasteiger partial charge in [0.25, 0.3) is 0 Å². The largest absolute Gasteiger partial charge is 0.493 e. The quantitative estimate of drug-likeness (QED) is 0.805. The van der Waals surface area contributed by atoms with Gasteiger partial charge in [0.1, 0.15) is 0 Å². The van der Waals surface area contributed by atoms with E-state index in [1.807, 2.05) is 36.5 Å². The lowest BCUT2D eigenvalue weighted by Crippen LogP contribution is -1.93. The number of aliphatic imine (C=N–C) groups is 1. The van der Waals surface area contributed by atoms with Gasteiger partial charge in [-0.25, -0.2) is 0 Å². The average molecular weight is 283 g/mol. The Balaban J connectivity index is 1.83. The van der Waals surface area contributed by atoms with Crippen molar-refractivity contribution in [2.75, 3.05) is 13.9 Å². The van der Waals surface area contributed by atoms with Crippen molar-refractivity contribution in [3.8, 4) is 17.2 Å². The Hall–Kier alpha value is -2.49. The maximum Gasteiger partial charge on any atom is 0.231 e. The second-order valence-corrected chi connectivity index (χ2v) is 4.82. The Labute approximate surface area is 124 Å². The van der Waals surface area contributed by atoms with E-state index in [4.69, 9.17) is 14.2 Å². The van der Waals surface area contributed by atoms with E-state index in [2.05, 4.69) is 24.0 Å². The van der Waals surface area contributed by atoms with Gasteiger partial charge in [0.05, 0.1) is 13.2 Å². The first kappa shape index (κ1) is 13.5. The molecule has 1 aliphatic heterocycles. The molecule has 0 saturated heterocycles. The summed E-state index contributed by atoms with van der Waals surface area (Å²) in [6.07, 6.45) is 1.84. The minimum absolute atomic E-state index is 0.0996. The van der Waals surface area contributed by atoms with Crippen molar-refractivity contribution < 1.29 is 14.2 Å². The van der Waals surface area contributed by atoms with Crippen LogP contribution in [0.3, 0.4) is 0 Å². The van der Waals surface area contributed by atoms with E-state index in [9.17, 15) is 0 Å². The number of nitrogens with zero attached hydrogens (tertiary/aromatic N) is 1. The fourth-order valence-corrected chi connectivity index (χ4v) is 2.24. The molecule has 0 aromatic heterocycles. The Morgan fingerprint density at radius 1 is 1.19 bits per heavy atom. The maximum atomic E-state index is 5.41. The molecule has 0 N–H and O–H groups in total. The molecule has 1 atom stereocenters. The van der Waals surface area contributed by atoms with Crippen LogP contribution < -0.4 is 14.2 Å². The molecule has 0 fully saturated rings. The molecule has 1 heterocycles. The lowest BCUT2D eigenvalue weighted by Gasteiger charge is -2.07. The molecule has 0 aliphatic carbocycles. The fraction of sp³-hybridized carbons (Fsp3) is 0.235. The number of hydrogen-bond donors (Lipinski definition) is 0. The molecule has 1 aliphatic rings. The number of ether oxygens (including phenoxy) is 3. The summed E-state index contributed by atoms with van der Waals surface area (Å²) < 4.78 is 16.1. The SMILES string of the molecule is COc1cc(C=NC(C)c2ccccc2)cc2c1OCO2. The van der Waals surface area contributed by atoms with Gasteiger partial charge in [0.2, 0.25) is 12.5 Å². The molecular weight excluding hydrogens is 266 g/mol. The van der Waals surface area contributed by atoms with E-state index in [1.54, 1.807) is 7.11 Å². The molecule has 2 aromatic carbocycles. The molecule has 0 bridgehead atoms. The summed E-state index contributed by atoms with van der Waals surface area (Å²) in [5.74, 6) is 2.02. The third-order valence-electron chi connectivity index (χ3n) is 3.41. The molecule has 2 aromatic rings. The van der Waals surface area contributed by atoms with E-state index in [0.717, 1.165) is 5.56 Å². The molecule has 4 nitrogen and oxygen atoms in total. The first-order chi connectivity index (χ1) is 10.3. The van der Waals surface area contributed by atoms with E-state index in [-0.39, 0.29) is 12.8 Å². The van der Waals surface area contributed by atoms with Gasteiger partial charge in [-0.2, -0.15) is 0 Å². The highest BCUT2D eigenvalue weighted by Gasteiger charge is 2.19. The normalized spacial score (nSPS) is 14.4. The highest BCUT2D eigenvalue weighted by atomic mass is 16.7. The Bertz CT molecular complexity index is 653. The minimum Gasteiger partial charge on any atom is -0.493 e. The topological polar surface area (TPSA) is 40.0 Å². The van der Waals surface area contributed by atoms with Crippen LogP contribution in [0.15, 0.2) is 47.5 Å². The minimum atomic E-state index is 0.0996. The summed E-state index contributed by atoms with van der Waals surface area (Å²) in [5, 5.41) is 0. The third kappa shape index (κ3) is 2.84. The number of fused-ring (bicyclic) bond motifs is 1. The van der Waals surface area contributed by atoms with Crippen LogP contribution in [0.1, 0.15) is 24.1 Å². The maximum absolute atomic E-state index is 5.41. The van der Waals surface area contributed by atoms with Crippen molar-refractivity contribution in [3.05, 3.63) is 53.6 Å². The predicted octanol–water partition coefficient (Wildman–Crippen LogP) is 3.60. The predicted molar refractivity (Wildman–Crippen MR) is 81.6 cm³/mol. The summed E-state index contributed by atoms with van der Waals surface area (Å²) >= 11 is 0. The molecule has 108 valence electrons. The summed E-state index contributed by atoms with van der Waals surface area (Å²) in [4.78, 5) is 4.59. The summed E-state index contributed by atoms with van der Waals surface area (Å²) in [7, 11) is 1.62. The third-order valence-corrected chi connectivity index (χ3v) is 3.41. The smallest absolute Gasteiger partial charge is 0.231 e. The molecule has 21 heavy (non-hydrogen) atoms. The van der Waals surface area contributed by atoms with Crippen molar-refractivity contribution in [2.45, 2.75) is 13.0 Å². The van der Waals surface area contributed by atoms with Crippen molar-refractivity contribution in [3.63, 3.8) is 0 Å². The molecule has 3 rings (SSSR count). The van der Waals surface area contributed by atoms with Crippen LogP contribution in [0, 0.1) is 0 Å². The second-order valence-electron chi connectivity index (χ2n) is 4.82. The monoisotopic (exact) mass is 283 g/mol. The highest BCUT2D eigenvalue weighted by molar-refractivity contribution is 5.82. The first-order valence-corrected chi connectivity index (χ1v) is 6.83. The molecule has 0 amide bonds. The van der Waals surface area contributed by atoms with Crippen molar-refractivity contribution in [2.24, 2.45) is 4.99 Å². The standard InChI is InChI=1S/C17H17NO3/c1-12(14-6-4-3-5-7-14)18-10-13-8-15(19-2)17-16(9-13)20-11-21-17/h3-10,12H,11H2,1-2H3. The Kier molecular flexibility index (Phi) is 3.77. The van der Waals surface area contributed by atoms with E-state index in [1.165, 1.54) is 5.56 Å². The van der Waals surface area contributed by atoms with E-state index in [0.29, 0.717) is 17.2 Å². The molecule has 1 unspecified atom stereocenters. The zero-order valence-corrected chi connectivity index (χ0v) is 12.1. The number of methoxy groups -OCH3 is 1. The zero-order chi connectivity index (χ0) is 14.7. The average Bonchev–Trinajstić information content (AvgIpc) is 3.01. The van der Waals surface area contributed by atoms with Gasteiger partial charge in [-0.1, -0.05) is 30.3 Å². The molecule has 0 spiro atoms. The Morgan fingerprint density at radius 2 is 2.00 bits per heavy atom. The van der Waals surface area contributed by atoms with Crippen molar-refractivity contribution in [1.82, 2.24) is 0 Å². The van der Waals surface area contributed by atoms with Gasteiger partial charge in [-0.05, 0) is 30.2 Å². The van der Waals surface area contributed by atoms with Gasteiger partial charge in [0.15, 0.2) is 11.5 Å². The molecule has 0 saturated carbocycles. The van der Waals surface area contributed by atoms with Gasteiger partial charge in [0, 0.05) is 6.21 Å². The molecular formula is C17H17NO3. The summed E-state index contributed by atoms with van der Waals surface area (Å²) in [6, 6.07) is 14.1. The first-order valence-electron chi connectivity index (χ1n) is 6.83. The van der Waals surface area contributed by atoms with E-state index >= 15 is 0 Å². The molecule has 0 radical (unpaired) electrons.